The normalized spacial score (nSPS) is 11.5. The van der Waals surface area contributed by atoms with Gasteiger partial charge < -0.3 is 9.30 Å². The summed E-state index contributed by atoms with van der Waals surface area (Å²) in [5.41, 5.74) is 0. The second-order valence-corrected chi connectivity index (χ2v) is 6.61. The number of hydrogen-bond donors (Lipinski definition) is 1. The lowest BCUT2D eigenvalue weighted by Gasteiger charge is -2.09. The number of imidazole rings is 1. The van der Waals surface area contributed by atoms with Crippen molar-refractivity contribution in [3.05, 3.63) is 48.3 Å². The lowest BCUT2D eigenvalue weighted by Crippen LogP contribution is -2.31. The molecule has 0 spiro atoms. The Hall–Kier alpha value is -1.93. The molecular formula is C14H18FN3O3S. The van der Waals surface area contributed by atoms with Gasteiger partial charge in [0.25, 0.3) is 0 Å². The number of nitrogens with zero attached hydrogens (tertiary/aromatic N) is 2. The van der Waals surface area contributed by atoms with Crippen molar-refractivity contribution in [1.29, 1.82) is 0 Å². The Morgan fingerprint density at radius 1 is 1.32 bits per heavy atom. The third-order valence-electron chi connectivity index (χ3n) is 3.03. The summed E-state index contributed by atoms with van der Waals surface area (Å²) in [6.45, 7) is 2.66. The van der Waals surface area contributed by atoms with Crippen LogP contribution < -0.4 is 9.46 Å². The Morgan fingerprint density at radius 3 is 2.68 bits per heavy atom. The van der Waals surface area contributed by atoms with Gasteiger partial charge >= 0.3 is 0 Å². The summed E-state index contributed by atoms with van der Waals surface area (Å²) in [4.78, 5) is 4.06. The first kappa shape index (κ1) is 16.4. The van der Waals surface area contributed by atoms with E-state index in [1.807, 2.05) is 11.5 Å². The van der Waals surface area contributed by atoms with Crippen LogP contribution in [-0.4, -0.2) is 36.9 Å². The average Bonchev–Trinajstić information content (AvgIpc) is 2.86. The van der Waals surface area contributed by atoms with Gasteiger partial charge in [0.1, 0.15) is 24.0 Å². The van der Waals surface area contributed by atoms with Crippen LogP contribution in [-0.2, 0) is 16.6 Å². The highest BCUT2D eigenvalue weighted by Gasteiger charge is 2.10. The lowest BCUT2D eigenvalue weighted by molar-refractivity contribution is 0.339. The Kier molecular flexibility index (Phi) is 5.51. The van der Waals surface area contributed by atoms with Crippen LogP contribution in [0.5, 0.6) is 5.75 Å². The number of rotatable bonds is 8. The molecule has 0 saturated heterocycles. The molecule has 0 saturated carbocycles. The standard InChI is InChI=1S/C14H18FN3O3S/c1-12-16-6-8-18(12)9-7-17-22(19,20)11-10-21-14-4-2-13(15)3-5-14/h2-6,8,17H,7,9-11H2,1H3. The molecule has 8 heteroatoms. The number of benzene rings is 1. The van der Waals surface area contributed by atoms with Crippen LogP contribution in [0.2, 0.25) is 0 Å². The van der Waals surface area contributed by atoms with Crippen molar-refractivity contribution < 1.29 is 17.5 Å². The van der Waals surface area contributed by atoms with E-state index in [4.69, 9.17) is 4.74 Å². The van der Waals surface area contributed by atoms with Gasteiger partial charge in [-0.15, -0.1) is 0 Å². The van der Waals surface area contributed by atoms with Gasteiger partial charge in [0.2, 0.25) is 10.0 Å². The first-order valence-electron chi connectivity index (χ1n) is 6.80. The van der Waals surface area contributed by atoms with Crippen molar-refractivity contribution in [3.8, 4) is 5.75 Å². The zero-order valence-electron chi connectivity index (χ0n) is 12.2. The molecule has 0 fully saturated rings. The van der Waals surface area contributed by atoms with E-state index >= 15 is 0 Å². The van der Waals surface area contributed by atoms with Crippen LogP contribution in [0.15, 0.2) is 36.7 Å². The predicted molar refractivity (Wildman–Crippen MR) is 80.6 cm³/mol. The molecule has 0 radical (unpaired) electrons. The first-order chi connectivity index (χ1) is 10.5. The van der Waals surface area contributed by atoms with E-state index in [1.54, 1.807) is 12.4 Å². The number of ether oxygens (including phenoxy) is 1. The Bertz CT molecular complexity index is 698. The van der Waals surface area contributed by atoms with Gasteiger partial charge in [-0.05, 0) is 31.2 Å². The van der Waals surface area contributed by atoms with Gasteiger partial charge in [0.15, 0.2) is 0 Å². The smallest absolute Gasteiger partial charge is 0.215 e. The molecule has 120 valence electrons. The Balaban J connectivity index is 1.72. The van der Waals surface area contributed by atoms with E-state index in [0.717, 1.165) is 5.82 Å². The largest absolute Gasteiger partial charge is 0.492 e. The molecule has 0 bridgehead atoms. The Morgan fingerprint density at radius 2 is 2.05 bits per heavy atom. The molecule has 0 amide bonds. The van der Waals surface area contributed by atoms with E-state index in [1.165, 1.54) is 24.3 Å². The average molecular weight is 327 g/mol. The summed E-state index contributed by atoms with van der Waals surface area (Å²) >= 11 is 0. The molecule has 1 aromatic heterocycles. The molecular weight excluding hydrogens is 309 g/mol. The van der Waals surface area contributed by atoms with Crippen LogP contribution in [0.4, 0.5) is 4.39 Å². The lowest BCUT2D eigenvalue weighted by atomic mass is 10.3. The molecule has 1 heterocycles. The summed E-state index contributed by atoms with van der Waals surface area (Å²) < 4.78 is 46.0. The van der Waals surface area contributed by atoms with Gasteiger partial charge in [-0.3, -0.25) is 0 Å². The maximum Gasteiger partial charge on any atom is 0.215 e. The number of halogens is 1. The molecule has 0 aliphatic heterocycles. The summed E-state index contributed by atoms with van der Waals surface area (Å²) in [5, 5.41) is 0. The van der Waals surface area contributed by atoms with Gasteiger partial charge in [-0.25, -0.2) is 22.5 Å². The molecule has 0 aliphatic carbocycles. The second-order valence-electron chi connectivity index (χ2n) is 4.68. The first-order valence-corrected chi connectivity index (χ1v) is 8.45. The van der Waals surface area contributed by atoms with Crippen molar-refractivity contribution in [2.24, 2.45) is 0 Å². The molecule has 1 aromatic carbocycles. The van der Waals surface area contributed by atoms with Gasteiger partial charge in [0.05, 0.1) is 5.75 Å². The third kappa shape index (κ3) is 5.12. The Labute approximate surface area is 129 Å². The van der Waals surface area contributed by atoms with E-state index in [0.29, 0.717) is 12.3 Å². The molecule has 6 nitrogen and oxygen atoms in total. The van der Waals surface area contributed by atoms with Crippen molar-refractivity contribution in [3.63, 3.8) is 0 Å². The van der Waals surface area contributed by atoms with Crippen LogP contribution >= 0.6 is 0 Å². The highest BCUT2D eigenvalue weighted by molar-refractivity contribution is 7.89. The van der Waals surface area contributed by atoms with E-state index in [9.17, 15) is 12.8 Å². The molecule has 2 rings (SSSR count). The number of sulfonamides is 1. The van der Waals surface area contributed by atoms with E-state index < -0.39 is 10.0 Å². The molecule has 0 unspecified atom stereocenters. The fraction of sp³-hybridized carbons (Fsp3) is 0.357. The van der Waals surface area contributed by atoms with Gasteiger partial charge in [-0.1, -0.05) is 0 Å². The van der Waals surface area contributed by atoms with Gasteiger partial charge in [-0.2, -0.15) is 0 Å². The topological polar surface area (TPSA) is 73.2 Å². The monoisotopic (exact) mass is 327 g/mol. The van der Waals surface area contributed by atoms with Crippen molar-refractivity contribution in [1.82, 2.24) is 14.3 Å². The maximum atomic E-state index is 12.7. The predicted octanol–water partition coefficient (Wildman–Crippen LogP) is 1.33. The number of aromatic nitrogens is 2. The minimum Gasteiger partial charge on any atom is -0.492 e. The van der Waals surface area contributed by atoms with Crippen LogP contribution in [0.3, 0.4) is 0 Å². The van der Waals surface area contributed by atoms with Crippen LogP contribution in [0, 0.1) is 12.7 Å². The van der Waals surface area contributed by atoms with E-state index in [2.05, 4.69) is 9.71 Å². The summed E-state index contributed by atoms with van der Waals surface area (Å²) in [6, 6.07) is 5.43. The number of aryl methyl sites for hydroxylation is 1. The molecule has 0 atom stereocenters. The van der Waals surface area contributed by atoms with Gasteiger partial charge in [0, 0.05) is 25.5 Å². The zero-order chi connectivity index (χ0) is 16.0. The SMILES string of the molecule is Cc1nccn1CCNS(=O)(=O)CCOc1ccc(F)cc1. The van der Waals surface area contributed by atoms with Crippen LogP contribution in [0.25, 0.3) is 0 Å². The number of hydrogen-bond acceptors (Lipinski definition) is 4. The fourth-order valence-corrected chi connectivity index (χ4v) is 2.68. The zero-order valence-corrected chi connectivity index (χ0v) is 13.0. The summed E-state index contributed by atoms with van der Waals surface area (Å²) in [5.74, 6) is 0.744. The summed E-state index contributed by atoms with van der Waals surface area (Å²) in [7, 11) is -3.41. The number of nitrogens with one attached hydrogen (secondary N) is 1. The van der Waals surface area contributed by atoms with Crippen molar-refractivity contribution in [2.75, 3.05) is 18.9 Å². The molecule has 2 aromatic rings. The summed E-state index contributed by atoms with van der Waals surface area (Å²) in [6.07, 6.45) is 3.46. The fourth-order valence-electron chi connectivity index (χ4n) is 1.83. The van der Waals surface area contributed by atoms with E-state index in [-0.39, 0.29) is 24.7 Å². The molecule has 0 aliphatic rings. The molecule has 22 heavy (non-hydrogen) atoms. The molecule has 1 N–H and O–H groups in total. The highest BCUT2D eigenvalue weighted by Crippen LogP contribution is 2.10. The van der Waals surface area contributed by atoms with Crippen molar-refractivity contribution in [2.45, 2.75) is 13.5 Å². The third-order valence-corrected chi connectivity index (χ3v) is 4.38. The quantitative estimate of drug-likeness (QED) is 0.794. The second kappa shape index (κ2) is 7.37. The van der Waals surface area contributed by atoms with Crippen LogP contribution in [0.1, 0.15) is 5.82 Å². The van der Waals surface area contributed by atoms with Crippen molar-refractivity contribution >= 4 is 10.0 Å². The maximum absolute atomic E-state index is 12.7. The minimum atomic E-state index is -3.41. The highest BCUT2D eigenvalue weighted by atomic mass is 32.2. The minimum absolute atomic E-state index is 0.00503.